The summed E-state index contributed by atoms with van der Waals surface area (Å²) < 4.78 is 10.3. The number of carbonyl (C=O) groups is 2. The Kier molecular flexibility index (Phi) is 6.19. The van der Waals surface area contributed by atoms with Crippen LogP contribution in [0.1, 0.15) is 58.1 Å². The smallest absolute Gasteiger partial charge is 0.306 e. The maximum atomic E-state index is 12.3. The summed E-state index contributed by atoms with van der Waals surface area (Å²) >= 11 is 0. The summed E-state index contributed by atoms with van der Waals surface area (Å²) in [6.45, 7) is 5.44. The van der Waals surface area contributed by atoms with Crippen molar-refractivity contribution in [3.8, 4) is 0 Å². The third kappa shape index (κ3) is 5.37. The van der Waals surface area contributed by atoms with Crippen molar-refractivity contribution in [3.05, 3.63) is 11.8 Å². The van der Waals surface area contributed by atoms with Gasteiger partial charge in [-0.3, -0.25) is 9.59 Å². The van der Waals surface area contributed by atoms with Gasteiger partial charge in [0.1, 0.15) is 5.76 Å². The van der Waals surface area contributed by atoms with Gasteiger partial charge < -0.3 is 14.6 Å². The van der Waals surface area contributed by atoms with E-state index in [1.54, 1.807) is 13.0 Å². The van der Waals surface area contributed by atoms with Crippen LogP contribution in [0.5, 0.6) is 0 Å². The van der Waals surface area contributed by atoms with Gasteiger partial charge in [0.05, 0.1) is 0 Å². The molecule has 1 aromatic heterocycles. The molecule has 6 nitrogen and oxygen atoms in total. The van der Waals surface area contributed by atoms with E-state index < -0.39 is 6.10 Å². The van der Waals surface area contributed by atoms with Crippen LogP contribution in [0, 0.1) is 18.8 Å². The number of rotatable bonds is 7. The lowest BCUT2D eigenvalue weighted by atomic mass is 10.0. The molecule has 1 aliphatic carbocycles. The van der Waals surface area contributed by atoms with Gasteiger partial charge in [0.2, 0.25) is 0 Å². The van der Waals surface area contributed by atoms with Gasteiger partial charge in [-0.1, -0.05) is 44.7 Å². The second kappa shape index (κ2) is 8.13. The molecule has 6 heteroatoms. The van der Waals surface area contributed by atoms with Gasteiger partial charge in [-0.25, -0.2) is 0 Å². The van der Waals surface area contributed by atoms with E-state index >= 15 is 0 Å². The van der Waals surface area contributed by atoms with Gasteiger partial charge in [0, 0.05) is 12.5 Å². The fraction of sp³-hybridized carbons (Fsp3) is 0.706. The predicted molar refractivity (Wildman–Crippen MR) is 85.8 cm³/mol. The summed E-state index contributed by atoms with van der Waals surface area (Å²) in [7, 11) is 0. The molecule has 1 N–H and O–H groups in total. The Labute approximate surface area is 136 Å². The molecule has 0 aliphatic heterocycles. The molecule has 0 radical (unpaired) electrons. The first-order chi connectivity index (χ1) is 11.0. The van der Waals surface area contributed by atoms with Gasteiger partial charge in [-0.2, -0.15) is 0 Å². The Balaban J connectivity index is 1.84. The molecular weight excluding hydrogens is 296 g/mol. The van der Waals surface area contributed by atoms with E-state index in [0.29, 0.717) is 23.9 Å². The summed E-state index contributed by atoms with van der Waals surface area (Å²) in [5.74, 6) is 0.783. The van der Waals surface area contributed by atoms with Crippen LogP contribution in [-0.4, -0.2) is 23.1 Å². The summed E-state index contributed by atoms with van der Waals surface area (Å²) in [6.07, 6.45) is 5.34. The highest BCUT2D eigenvalue weighted by Gasteiger charge is 2.27. The van der Waals surface area contributed by atoms with E-state index in [2.05, 4.69) is 10.5 Å². The van der Waals surface area contributed by atoms with Gasteiger partial charge in [0.15, 0.2) is 11.9 Å². The first-order valence-corrected chi connectivity index (χ1v) is 8.39. The maximum absolute atomic E-state index is 12.3. The number of hydrogen-bond acceptors (Lipinski definition) is 5. The molecule has 2 rings (SSSR count). The van der Waals surface area contributed by atoms with Gasteiger partial charge in [-0.05, 0) is 25.2 Å². The number of carbonyl (C=O) groups excluding carboxylic acids is 2. The minimum atomic E-state index is -0.817. The number of nitrogens with one attached hydrogen (secondary N) is 1. The minimum Gasteiger partial charge on any atom is -0.452 e. The van der Waals surface area contributed by atoms with Crippen LogP contribution >= 0.6 is 0 Å². The lowest BCUT2D eigenvalue weighted by molar-refractivity contribution is -0.157. The highest BCUT2D eigenvalue weighted by Crippen LogP contribution is 2.28. The fourth-order valence-electron chi connectivity index (χ4n) is 2.94. The molecular formula is C17H26N2O4. The Morgan fingerprint density at radius 3 is 2.65 bits per heavy atom. The number of ether oxygens (including phenoxy) is 1. The van der Waals surface area contributed by atoms with Crippen LogP contribution in [0.3, 0.4) is 0 Å². The van der Waals surface area contributed by atoms with Crippen LogP contribution < -0.4 is 5.32 Å². The van der Waals surface area contributed by atoms with Crippen molar-refractivity contribution < 1.29 is 18.8 Å². The SMILES string of the molecule is Cc1cc(NC(=O)[C@H](OC(=O)CCC2CCCC2)C(C)C)no1. The first kappa shape index (κ1) is 17.5. The quantitative estimate of drug-likeness (QED) is 0.777. The topological polar surface area (TPSA) is 81.4 Å². The molecule has 1 heterocycles. The molecule has 23 heavy (non-hydrogen) atoms. The highest BCUT2D eigenvalue weighted by molar-refractivity contribution is 5.94. The van der Waals surface area contributed by atoms with Crippen LogP contribution in [-0.2, 0) is 14.3 Å². The summed E-state index contributed by atoms with van der Waals surface area (Å²) in [4.78, 5) is 24.3. The lowest BCUT2D eigenvalue weighted by Gasteiger charge is -2.20. The molecule has 0 unspecified atom stereocenters. The molecule has 0 aromatic carbocycles. The third-order valence-electron chi connectivity index (χ3n) is 4.23. The van der Waals surface area contributed by atoms with E-state index in [0.717, 1.165) is 6.42 Å². The van der Waals surface area contributed by atoms with Crippen LogP contribution in [0.4, 0.5) is 5.82 Å². The molecule has 1 saturated carbocycles. The monoisotopic (exact) mass is 322 g/mol. The zero-order valence-electron chi connectivity index (χ0n) is 14.1. The standard InChI is InChI=1S/C17H26N2O4/c1-11(2)16(17(21)18-14-10-12(3)23-19-14)22-15(20)9-8-13-6-4-5-7-13/h10-11,13,16H,4-9H2,1-3H3,(H,18,19,21)/t16-/m1/s1. The molecule has 1 aliphatic rings. The number of amides is 1. The summed E-state index contributed by atoms with van der Waals surface area (Å²) in [6, 6.07) is 1.62. The van der Waals surface area contributed by atoms with Crippen molar-refractivity contribution in [3.63, 3.8) is 0 Å². The molecule has 1 aromatic rings. The predicted octanol–water partition coefficient (Wildman–Crippen LogP) is 3.46. The van der Waals surface area contributed by atoms with Crippen LogP contribution in [0.2, 0.25) is 0 Å². The molecule has 128 valence electrons. The normalized spacial score (nSPS) is 16.5. The number of hydrogen-bond donors (Lipinski definition) is 1. The average molecular weight is 322 g/mol. The fourth-order valence-corrected chi connectivity index (χ4v) is 2.94. The van der Waals surface area contributed by atoms with Crippen LogP contribution in [0.25, 0.3) is 0 Å². The Bertz CT molecular complexity index is 532. The Hall–Kier alpha value is -1.85. The Morgan fingerprint density at radius 2 is 2.09 bits per heavy atom. The number of anilines is 1. The van der Waals surface area contributed by atoms with Gasteiger partial charge in [-0.15, -0.1) is 0 Å². The van der Waals surface area contributed by atoms with E-state index in [1.165, 1.54) is 25.7 Å². The molecule has 1 fully saturated rings. The highest BCUT2D eigenvalue weighted by atomic mass is 16.5. The number of aromatic nitrogens is 1. The average Bonchev–Trinajstić information content (AvgIpc) is 3.14. The molecule has 0 spiro atoms. The van der Waals surface area contributed by atoms with E-state index in [9.17, 15) is 9.59 Å². The van der Waals surface area contributed by atoms with Crippen molar-refractivity contribution in [1.82, 2.24) is 5.16 Å². The zero-order chi connectivity index (χ0) is 16.8. The Morgan fingerprint density at radius 1 is 1.39 bits per heavy atom. The minimum absolute atomic E-state index is 0.113. The lowest BCUT2D eigenvalue weighted by Crippen LogP contribution is -2.36. The number of aryl methyl sites for hydroxylation is 1. The van der Waals surface area contributed by atoms with E-state index in [-0.39, 0.29) is 17.8 Å². The van der Waals surface area contributed by atoms with Gasteiger partial charge >= 0.3 is 5.97 Å². The van der Waals surface area contributed by atoms with Crippen molar-refractivity contribution in [2.24, 2.45) is 11.8 Å². The van der Waals surface area contributed by atoms with E-state index in [1.807, 2.05) is 13.8 Å². The first-order valence-electron chi connectivity index (χ1n) is 8.39. The van der Waals surface area contributed by atoms with E-state index in [4.69, 9.17) is 9.26 Å². The van der Waals surface area contributed by atoms with Crippen molar-refractivity contribution in [2.75, 3.05) is 5.32 Å². The number of nitrogens with zero attached hydrogens (tertiary/aromatic N) is 1. The second-order valence-electron chi connectivity index (χ2n) is 6.66. The van der Waals surface area contributed by atoms with Crippen molar-refractivity contribution >= 4 is 17.7 Å². The summed E-state index contributed by atoms with van der Waals surface area (Å²) in [5, 5.41) is 6.34. The number of esters is 1. The zero-order valence-corrected chi connectivity index (χ0v) is 14.1. The second-order valence-corrected chi connectivity index (χ2v) is 6.66. The molecule has 0 bridgehead atoms. The van der Waals surface area contributed by atoms with Crippen molar-refractivity contribution in [1.29, 1.82) is 0 Å². The third-order valence-corrected chi connectivity index (χ3v) is 4.23. The van der Waals surface area contributed by atoms with Gasteiger partial charge in [0.25, 0.3) is 5.91 Å². The largest absolute Gasteiger partial charge is 0.452 e. The van der Waals surface area contributed by atoms with Crippen LogP contribution in [0.15, 0.2) is 10.6 Å². The molecule has 1 amide bonds. The molecule has 0 saturated heterocycles. The maximum Gasteiger partial charge on any atom is 0.306 e. The molecule has 1 atom stereocenters. The van der Waals surface area contributed by atoms with Crippen molar-refractivity contribution in [2.45, 2.75) is 65.4 Å². The summed E-state index contributed by atoms with van der Waals surface area (Å²) in [5.41, 5.74) is 0.